The van der Waals surface area contributed by atoms with E-state index in [4.69, 9.17) is 4.52 Å². The highest BCUT2D eigenvalue weighted by Crippen LogP contribution is 2.24. The molecule has 3 aromatic rings. The van der Waals surface area contributed by atoms with Crippen molar-refractivity contribution < 1.29 is 4.52 Å². The summed E-state index contributed by atoms with van der Waals surface area (Å²) < 4.78 is 5.08. The van der Waals surface area contributed by atoms with Crippen LogP contribution in [0.1, 0.15) is 30.8 Å². The van der Waals surface area contributed by atoms with E-state index in [2.05, 4.69) is 54.9 Å². The topological polar surface area (TPSA) is 79.1 Å². The third-order valence-corrected chi connectivity index (χ3v) is 4.58. The number of aryl methyl sites for hydroxylation is 2. The van der Waals surface area contributed by atoms with Gasteiger partial charge < -0.3 is 20.1 Å². The first-order valence-electron chi connectivity index (χ1n) is 9.34. The lowest BCUT2D eigenvalue weighted by Gasteiger charge is -2.28. The van der Waals surface area contributed by atoms with Gasteiger partial charge in [-0.2, -0.15) is 0 Å². The van der Waals surface area contributed by atoms with E-state index in [1.165, 1.54) is 24.9 Å². The van der Waals surface area contributed by atoms with Gasteiger partial charge in [-0.1, -0.05) is 5.16 Å². The molecule has 1 aliphatic heterocycles. The number of benzene rings is 1. The molecule has 0 atom stereocenters. The molecular formula is C20H24N6O. The number of nitrogens with one attached hydrogen (secondary N) is 2. The zero-order valence-electron chi connectivity index (χ0n) is 15.7. The Hall–Kier alpha value is -3.09. The third kappa shape index (κ3) is 4.36. The third-order valence-electron chi connectivity index (χ3n) is 4.58. The van der Waals surface area contributed by atoms with Crippen molar-refractivity contribution in [2.75, 3.05) is 28.6 Å². The van der Waals surface area contributed by atoms with Crippen LogP contribution >= 0.6 is 0 Å². The lowest BCUT2D eigenvalue weighted by atomic mass is 10.1. The molecule has 7 nitrogen and oxygen atoms in total. The van der Waals surface area contributed by atoms with Gasteiger partial charge in [0.25, 0.3) is 0 Å². The van der Waals surface area contributed by atoms with E-state index >= 15 is 0 Å². The van der Waals surface area contributed by atoms with Crippen LogP contribution in [0.25, 0.3) is 0 Å². The smallest absolute Gasteiger partial charge is 0.175 e. The van der Waals surface area contributed by atoms with Crippen molar-refractivity contribution in [2.45, 2.75) is 33.1 Å². The Labute approximate surface area is 158 Å². The fraction of sp³-hybridized carbons (Fsp3) is 0.350. The summed E-state index contributed by atoms with van der Waals surface area (Å²) in [6, 6.07) is 12.2. The van der Waals surface area contributed by atoms with E-state index in [0.717, 1.165) is 30.4 Å². The molecule has 1 saturated heterocycles. The quantitative estimate of drug-likeness (QED) is 0.687. The van der Waals surface area contributed by atoms with Crippen LogP contribution < -0.4 is 15.5 Å². The first-order chi connectivity index (χ1) is 13.2. The highest BCUT2D eigenvalue weighted by atomic mass is 16.5. The summed E-state index contributed by atoms with van der Waals surface area (Å²) in [5.74, 6) is 3.45. The average molecular weight is 364 g/mol. The summed E-state index contributed by atoms with van der Waals surface area (Å²) in [6.07, 6.45) is 3.90. The number of nitrogens with zero attached hydrogens (tertiary/aromatic N) is 4. The molecule has 0 radical (unpaired) electrons. The molecule has 7 heteroatoms. The number of rotatable bonds is 5. The number of aromatic nitrogens is 3. The van der Waals surface area contributed by atoms with Crippen LogP contribution in [-0.4, -0.2) is 28.2 Å². The number of hydrogen-bond acceptors (Lipinski definition) is 7. The standard InChI is InChI=1S/C20H24N6O/c1-14-12-20(25-27-14)24-19-13-18(21-15(2)22-19)23-16-6-8-17(9-7-16)26-10-4-3-5-11-26/h6-9,12-13H,3-5,10-11H2,1-2H3,(H2,21,22,23,24,25). The molecule has 2 aromatic heterocycles. The molecule has 1 fully saturated rings. The van der Waals surface area contributed by atoms with Crippen molar-refractivity contribution in [1.29, 1.82) is 0 Å². The average Bonchev–Trinajstić information content (AvgIpc) is 3.07. The normalized spacial score (nSPS) is 14.2. The Balaban J connectivity index is 1.47. The Morgan fingerprint density at radius 1 is 0.852 bits per heavy atom. The van der Waals surface area contributed by atoms with Crippen LogP contribution in [0.5, 0.6) is 0 Å². The molecule has 4 rings (SSSR count). The van der Waals surface area contributed by atoms with Crippen molar-refractivity contribution >= 4 is 28.8 Å². The van der Waals surface area contributed by atoms with Gasteiger partial charge in [0.05, 0.1) is 0 Å². The lowest BCUT2D eigenvalue weighted by Crippen LogP contribution is -2.29. The minimum atomic E-state index is 0.627. The molecule has 27 heavy (non-hydrogen) atoms. The van der Waals surface area contributed by atoms with E-state index in [1.807, 2.05) is 26.0 Å². The van der Waals surface area contributed by atoms with Crippen LogP contribution in [0.4, 0.5) is 28.8 Å². The van der Waals surface area contributed by atoms with Crippen molar-refractivity contribution in [1.82, 2.24) is 15.1 Å². The van der Waals surface area contributed by atoms with Gasteiger partial charge in [0.1, 0.15) is 23.2 Å². The zero-order valence-corrected chi connectivity index (χ0v) is 15.7. The van der Waals surface area contributed by atoms with Crippen molar-refractivity contribution in [3.63, 3.8) is 0 Å². The number of piperidine rings is 1. The van der Waals surface area contributed by atoms with Gasteiger partial charge in [0, 0.05) is 36.6 Å². The minimum Gasteiger partial charge on any atom is -0.372 e. The van der Waals surface area contributed by atoms with Gasteiger partial charge in [-0.25, -0.2) is 9.97 Å². The first kappa shape index (κ1) is 17.3. The van der Waals surface area contributed by atoms with Crippen LogP contribution in [0.3, 0.4) is 0 Å². The van der Waals surface area contributed by atoms with Crippen molar-refractivity contribution in [3.8, 4) is 0 Å². The van der Waals surface area contributed by atoms with E-state index in [-0.39, 0.29) is 0 Å². The first-order valence-corrected chi connectivity index (χ1v) is 9.34. The molecule has 3 heterocycles. The van der Waals surface area contributed by atoms with Gasteiger partial charge in [0.15, 0.2) is 5.82 Å². The van der Waals surface area contributed by atoms with Gasteiger partial charge in [-0.3, -0.25) is 0 Å². The largest absolute Gasteiger partial charge is 0.372 e. The van der Waals surface area contributed by atoms with Crippen molar-refractivity contribution in [3.05, 3.63) is 48.0 Å². The van der Waals surface area contributed by atoms with E-state index in [0.29, 0.717) is 17.5 Å². The zero-order chi connectivity index (χ0) is 18.6. The highest BCUT2D eigenvalue weighted by Gasteiger charge is 2.11. The molecule has 140 valence electrons. The van der Waals surface area contributed by atoms with Gasteiger partial charge in [-0.15, -0.1) is 0 Å². The van der Waals surface area contributed by atoms with Crippen LogP contribution in [0, 0.1) is 13.8 Å². The summed E-state index contributed by atoms with van der Waals surface area (Å²) in [5, 5.41) is 10.4. The monoisotopic (exact) mass is 364 g/mol. The van der Waals surface area contributed by atoms with E-state index < -0.39 is 0 Å². The second kappa shape index (κ2) is 7.65. The Morgan fingerprint density at radius 2 is 1.56 bits per heavy atom. The molecule has 2 N–H and O–H groups in total. The number of anilines is 5. The Bertz CT molecular complexity index is 899. The van der Waals surface area contributed by atoms with E-state index in [9.17, 15) is 0 Å². The summed E-state index contributed by atoms with van der Waals surface area (Å²) >= 11 is 0. The fourth-order valence-corrected chi connectivity index (χ4v) is 3.31. The molecule has 1 aliphatic rings. The van der Waals surface area contributed by atoms with Gasteiger partial charge in [-0.05, 0) is 57.4 Å². The summed E-state index contributed by atoms with van der Waals surface area (Å²) in [6.45, 7) is 6.01. The number of hydrogen-bond donors (Lipinski definition) is 2. The molecule has 1 aromatic carbocycles. The summed E-state index contributed by atoms with van der Waals surface area (Å²) in [4.78, 5) is 11.3. The SMILES string of the molecule is Cc1nc(Nc2ccc(N3CCCCC3)cc2)cc(Nc2cc(C)on2)n1. The summed E-state index contributed by atoms with van der Waals surface area (Å²) in [7, 11) is 0. The van der Waals surface area contributed by atoms with Crippen LogP contribution in [-0.2, 0) is 0 Å². The van der Waals surface area contributed by atoms with E-state index in [1.54, 1.807) is 0 Å². The highest BCUT2D eigenvalue weighted by molar-refractivity contribution is 5.64. The second-order valence-corrected chi connectivity index (χ2v) is 6.85. The maximum absolute atomic E-state index is 5.08. The van der Waals surface area contributed by atoms with Crippen molar-refractivity contribution in [2.24, 2.45) is 0 Å². The molecule has 0 aliphatic carbocycles. The van der Waals surface area contributed by atoms with Crippen LogP contribution in [0.15, 0.2) is 40.9 Å². The minimum absolute atomic E-state index is 0.627. The Kier molecular flexibility index (Phi) is 4.91. The maximum atomic E-state index is 5.08. The van der Waals surface area contributed by atoms with Gasteiger partial charge in [0.2, 0.25) is 0 Å². The molecule has 0 amide bonds. The van der Waals surface area contributed by atoms with Crippen LogP contribution in [0.2, 0.25) is 0 Å². The predicted molar refractivity (Wildman–Crippen MR) is 107 cm³/mol. The second-order valence-electron chi connectivity index (χ2n) is 6.85. The molecule has 0 saturated carbocycles. The predicted octanol–water partition coefficient (Wildman–Crippen LogP) is 4.56. The fourth-order valence-electron chi connectivity index (χ4n) is 3.31. The molecular weight excluding hydrogens is 340 g/mol. The molecule has 0 bridgehead atoms. The molecule has 0 spiro atoms. The van der Waals surface area contributed by atoms with Gasteiger partial charge >= 0.3 is 0 Å². The lowest BCUT2D eigenvalue weighted by molar-refractivity contribution is 0.400. The molecule has 0 unspecified atom stereocenters. The summed E-state index contributed by atoms with van der Waals surface area (Å²) in [5.41, 5.74) is 2.28. The Morgan fingerprint density at radius 3 is 2.22 bits per heavy atom. The maximum Gasteiger partial charge on any atom is 0.175 e.